The predicted molar refractivity (Wildman–Crippen MR) is 68.3 cm³/mol. The van der Waals surface area contributed by atoms with Crippen LogP contribution >= 0.6 is 11.8 Å². The molecule has 1 aromatic rings. The Balaban J connectivity index is 2.03. The molecule has 3 atom stereocenters. The van der Waals surface area contributed by atoms with Gasteiger partial charge in [-0.25, -0.2) is 4.39 Å². The smallest absolute Gasteiger partial charge is 0.127 e. The SMILES string of the molecule is CC(NC1CCSC1C)c1ccccc1F. The van der Waals surface area contributed by atoms with Crippen LogP contribution in [0.15, 0.2) is 24.3 Å². The minimum Gasteiger partial charge on any atom is -0.306 e. The van der Waals surface area contributed by atoms with Crippen molar-refractivity contribution < 1.29 is 4.39 Å². The lowest BCUT2D eigenvalue weighted by Crippen LogP contribution is -2.35. The summed E-state index contributed by atoms with van der Waals surface area (Å²) in [6.45, 7) is 4.28. The number of rotatable bonds is 3. The Morgan fingerprint density at radius 1 is 1.44 bits per heavy atom. The van der Waals surface area contributed by atoms with Gasteiger partial charge in [0.2, 0.25) is 0 Å². The van der Waals surface area contributed by atoms with E-state index in [2.05, 4.69) is 12.2 Å². The van der Waals surface area contributed by atoms with Gasteiger partial charge in [-0.3, -0.25) is 0 Å². The van der Waals surface area contributed by atoms with Crippen LogP contribution in [0.2, 0.25) is 0 Å². The number of halogens is 1. The minimum absolute atomic E-state index is 0.0901. The van der Waals surface area contributed by atoms with Crippen LogP contribution in [0.5, 0.6) is 0 Å². The van der Waals surface area contributed by atoms with Crippen LogP contribution in [0.4, 0.5) is 4.39 Å². The average Bonchev–Trinajstić information content (AvgIpc) is 2.65. The van der Waals surface area contributed by atoms with Crippen LogP contribution in [0.1, 0.15) is 31.9 Å². The molecule has 0 spiro atoms. The fraction of sp³-hybridized carbons (Fsp3) is 0.538. The summed E-state index contributed by atoms with van der Waals surface area (Å²) in [5.74, 6) is 1.10. The largest absolute Gasteiger partial charge is 0.306 e. The maximum Gasteiger partial charge on any atom is 0.127 e. The molecule has 88 valence electrons. The first-order chi connectivity index (χ1) is 7.68. The number of hydrogen-bond acceptors (Lipinski definition) is 2. The standard InChI is InChI=1S/C13H18FNS/c1-9(11-5-3-4-6-12(11)14)15-13-7-8-16-10(13)2/h3-6,9-10,13,15H,7-8H2,1-2H3. The van der Waals surface area contributed by atoms with Gasteiger partial charge in [0.05, 0.1) is 0 Å². The maximum atomic E-state index is 13.6. The van der Waals surface area contributed by atoms with E-state index >= 15 is 0 Å². The van der Waals surface area contributed by atoms with Gasteiger partial charge in [-0.1, -0.05) is 25.1 Å². The normalized spacial score (nSPS) is 26.9. The molecule has 1 heterocycles. The fourth-order valence-electron chi connectivity index (χ4n) is 2.19. The van der Waals surface area contributed by atoms with E-state index < -0.39 is 0 Å². The van der Waals surface area contributed by atoms with Crippen LogP contribution < -0.4 is 5.32 Å². The van der Waals surface area contributed by atoms with Crippen molar-refractivity contribution in [2.24, 2.45) is 0 Å². The van der Waals surface area contributed by atoms with Gasteiger partial charge < -0.3 is 5.32 Å². The van der Waals surface area contributed by atoms with Crippen LogP contribution in [0, 0.1) is 5.82 Å². The molecule has 1 N–H and O–H groups in total. The Labute approximate surface area is 101 Å². The van der Waals surface area contributed by atoms with Gasteiger partial charge in [0.15, 0.2) is 0 Å². The predicted octanol–water partition coefficient (Wildman–Crippen LogP) is 3.37. The number of hydrogen-bond donors (Lipinski definition) is 1. The summed E-state index contributed by atoms with van der Waals surface area (Å²) < 4.78 is 13.6. The molecule has 1 fully saturated rings. The van der Waals surface area contributed by atoms with Crippen molar-refractivity contribution in [2.75, 3.05) is 5.75 Å². The molecule has 1 aliphatic heterocycles. The molecule has 1 saturated heterocycles. The van der Waals surface area contributed by atoms with Crippen LogP contribution in [-0.2, 0) is 0 Å². The summed E-state index contributed by atoms with van der Waals surface area (Å²) in [7, 11) is 0. The van der Waals surface area contributed by atoms with Gasteiger partial charge in [-0.05, 0) is 25.2 Å². The zero-order valence-electron chi connectivity index (χ0n) is 9.74. The Kier molecular flexibility index (Phi) is 3.87. The van der Waals surface area contributed by atoms with Crippen LogP contribution in [-0.4, -0.2) is 17.0 Å². The summed E-state index contributed by atoms with van der Waals surface area (Å²) >= 11 is 1.99. The lowest BCUT2D eigenvalue weighted by molar-refractivity contribution is 0.441. The second-order valence-electron chi connectivity index (χ2n) is 4.38. The van der Waals surface area contributed by atoms with Crippen molar-refractivity contribution in [2.45, 2.75) is 37.6 Å². The van der Waals surface area contributed by atoms with Crippen molar-refractivity contribution in [3.8, 4) is 0 Å². The molecule has 1 aliphatic rings. The molecule has 0 amide bonds. The number of benzene rings is 1. The Hall–Kier alpha value is -0.540. The molecule has 3 unspecified atom stereocenters. The van der Waals surface area contributed by atoms with E-state index in [9.17, 15) is 4.39 Å². The van der Waals surface area contributed by atoms with Crippen molar-refractivity contribution in [3.05, 3.63) is 35.6 Å². The monoisotopic (exact) mass is 239 g/mol. The summed E-state index contributed by atoms with van der Waals surface area (Å²) in [6.07, 6.45) is 1.19. The molecule has 0 saturated carbocycles. The summed E-state index contributed by atoms with van der Waals surface area (Å²) in [4.78, 5) is 0. The third kappa shape index (κ3) is 2.58. The molecule has 3 heteroatoms. The van der Waals surface area contributed by atoms with Crippen molar-refractivity contribution in [1.82, 2.24) is 5.32 Å². The van der Waals surface area contributed by atoms with Gasteiger partial charge >= 0.3 is 0 Å². The molecule has 0 aliphatic carbocycles. The first-order valence-corrected chi connectivity index (χ1v) is 6.85. The summed E-state index contributed by atoms with van der Waals surface area (Å²) in [5, 5.41) is 4.16. The molecular formula is C13H18FNS. The van der Waals surface area contributed by atoms with Crippen LogP contribution in [0.25, 0.3) is 0 Å². The van der Waals surface area contributed by atoms with Crippen LogP contribution in [0.3, 0.4) is 0 Å². The van der Waals surface area contributed by atoms with Crippen molar-refractivity contribution >= 4 is 11.8 Å². The zero-order chi connectivity index (χ0) is 11.5. The van der Waals surface area contributed by atoms with Gasteiger partial charge in [0.1, 0.15) is 5.82 Å². The molecule has 2 rings (SSSR count). The highest BCUT2D eigenvalue weighted by molar-refractivity contribution is 8.00. The molecule has 16 heavy (non-hydrogen) atoms. The first kappa shape index (κ1) is 11.9. The maximum absolute atomic E-state index is 13.6. The topological polar surface area (TPSA) is 12.0 Å². The van der Waals surface area contributed by atoms with E-state index in [1.165, 1.54) is 18.2 Å². The highest BCUT2D eigenvalue weighted by atomic mass is 32.2. The Bertz CT molecular complexity index is 356. The van der Waals surface area contributed by atoms with Gasteiger partial charge in [0.25, 0.3) is 0 Å². The number of nitrogens with one attached hydrogen (secondary N) is 1. The lowest BCUT2D eigenvalue weighted by Gasteiger charge is -2.22. The lowest BCUT2D eigenvalue weighted by atomic mass is 10.1. The minimum atomic E-state index is -0.110. The second kappa shape index (κ2) is 5.19. The van der Waals surface area contributed by atoms with E-state index in [4.69, 9.17) is 0 Å². The number of thioether (sulfide) groups is 1. The Morgan fingerprint density at radius 3 is 2.81 bits per heavy atom. The third-order valence-corrected chi connectivity index (χ3v) is 4.54. The van der Waals surface area contributed by atoms with Gasteiger partial charge in [-0.15, -0.1) is 0 Å². The third-order valence-electron chi connectivity index (χ3n) is 3.21. The molecule has 0 aromatic heterocycles. The molecule has 0 bridgehead atoms. The van der Waals surface area contributed by atoms with Crippen molar-refractivity contribution in [1.29, 1.82) is 0 Å². The molecule has 1 nitrogen and oxygen atoms in total. The summed E-state index contributed by atoms with van der Waals surface area (Å²) in [5.41, 5.74) is 0.770. The van der Waals surface area contributed by atoms with E-state index in [1.807, 2.05) is 30.8 Å². The fourth-order valence-corrected chi connectivity index (χ4v) is 3.40. The van der Waals surface area contributed by atoms with E-state index in [-0.39, 0.29) is 11.9 Å². The highest BCUT2D eigenvalue weighted by Gasteiger charge is 2.25. The average molecular weight is 239 g/mol. The van der Waals surface area contributed by atoms with Crippen molar-refractivity contribution in [3.63, 3.8) is 0 Å². The van der Waals surface area contributed by atoms with E-state index in [0.29, 0.717) is 11.3 Å². The quantitative estimate of drug-likeness (QED) is 0.868. The zero-order valence-corrected chi connectivity index (χ0v) is 10.6. The summed E-state index contributed by atoms with van der Waals surface area (Å²) in [6, 6.07) is 7.62. The van der Waals surface area contributed by atoms with Gasteiger partial charge in [0, 0.05) is 22.9 Å². The first-order valence-electron chi connectivity index (χ1n) is 5.80. The molecule has 0 radical (unpaired) electrons. The molecule has 1 aromatic carbocycles. The second-order valence-corrected chi connectivity index (χ2v) is 5.87. The highest BCUT2D eigenvalue weighted by Crippen LogP contribution is 2.28. The Morgan fingerprint density at radius 2 is 2.19 bits per heavy atom. The molecular weight excluding hydrogens is 221 g/mol. The van der Waals surface area contributed by atoms with E-state index in [0.717, 1.165) is 5.56 Å². The van der Waals surface area contributed by atoms with Gasteiger partial charge in [-0.2, -0.15) is 11.8 Å². The van der Waals surface area contributed by atoms with E-state index in [1.54, 1.807) is 6.07 Å².